The van der Waals surface area contributed by atoms with Gasteiger partial charge in [0.15, 0.2) is 11.5 Å². The van der Waals surface area contributed by atoms with E-state index < -0.39 is 6.10 Å². The van der Waals surface area contributed by atoms with Crippen molar-refractivity contribution in [3.05, 3.63) is 47.0 Å². The minimum absolute atomic E-state index is 0.0442. The highest BCUT2D eigenvalue weighted by Crippen LogP contribution is 2.38. The SMILES string of the molecule is COc1cc(CCCCOCCCCCCNCC(O)c2cc(CO)ccc2O)cc(OC)c1OC. The van der Waals surface area contributed by atoms with Crippen molar-refractivity contribution < 1.29 is 34.3 Å². The summed E-state index contributed by atoms with van der Waals surface area (Å²) in [6.07, 6.45) is 6.40. The zero-order valence-electron chi connectivity index (χ0n) is 21.9. The molecule has 2 aromatic rings. The van der Waals surface area contributed by atoms with Crippen LogP contribution in [0.2, 0.25) is 0 Å². The van der Waals surface area contributed by atoms with Gasteiger partial charge in [-0.25, -0.2) is 0 Å². The van der Waals surface area contributed by atoms with Crippen molar-refractivity contribution in [1.29, 1.82) is 0 Å². The molecule has 0 aliphatic rings. The number of aliphatic hydroxyl groups is 2. The molecule has 0 heterocycles. The van der Waals surface area contributed by atoms with Gasteiger partial charge in [-0.15, -0.1) is 0 Å². The molecular weight excluding hydrogens is 462 g/mol. The first-order valence-corrected chi connectivity index (χ1v) is 12.7. The molecule has 202 valence electrons. The van der Waals surface area contributed by atoms with Crippen LogP contribution < -0.4 is 19.5 Å². The number of methoxy groups -OCH3 is 3. The van der Waals surface area contributed by atoms with Crippen molar-refractivity contribution in [1.82, 2.24) is 5.32 Å². The van der Waals surface area contributed by atoms with Gasteiger partial charge in [-0.2, -0.15) is 0 Å². The van der Waals surface area contributed by atoms with Gasteiger partial charge in [-0.1, -0.05) is 18.9 Å². The Labute approximate surface area is 215 Å². The predicted molar refractivity (Wildman–Crippen MR) is 140 cm³/mol. The fourth-order valence-corrected chi connectivity index (χ4v) is 4.04. The Hall–Kier alpha value is -2.52. The largest absolute Gasteiger partial charge is 0.508 e. The molecule has 0 bridgehead atoms. The summed E-state index contributed by atoms with van der Waals surface area (Å²) in [4.78, 5) is 0. The zero-order valence-corrected chi connectivity index (χ0v) is 21.9. The van der Waals surface area contributed by atoms with E-state index in [1.807, 2.05) is 12.1 Å². The first kappa shape index (κ1) is 29.7. The summed E-state index contributed by atoms with van der Waals surface area (Å²) >= 11 is 0. The van der Waals surface area contributed by atoms with Crippen LogP contribution in [0.3, 0.4) is 0 Å². The number of aryl methyl sites for hydroxylation is 1. The third-order valence-corrected chi connectivity index (χ3v) is 6.09. The molecule has 1 atom stereocenters. The highest BCUT2D eigenvalue weighted by Gasteiger charge is 2.13. The van der Waals surface area contributed by atoms with Gasteiger partial charge in [0.1, 0.15) is 5.75 Å². The predicted octanol–water partition coefficient (Wildman–Crippen LogP) is 4.13. The van der Waals surface area contributed by atoms with Crippen LogP contribution in [0, 0.1) is 0 Å². The lowest BCUT2D eigenvalue weighted by Crippen LogP contribution is -2.22. The number of phenolic OH excluding ortho intramolecular Hbond substituents is 1. The molecule has 2 rings (SSSR count). The van der Waals surface area contributed by atoms with Crippen molar-refractivity contribution in [3.63, 3.8) is 0 Å². The van der Waals surface area contributed by atoms with E-state index in [-0.39, 0.29) is 12.4 Å². The molecule has 0 saturated heterocycles. The fourth-order valence-electron chi connectivity index (χ4n) is 4.04. The molecule has 0 spiro atoms. The van der Waals surface area contributed by atoms with Crippen molar-refractivity contribution in [3.8, 4) is 23.0 Å². The van der Waals surface area contributed by atoms with Gasteiger partial charge in [-0.3, -0.25) is 0 Å². The van der Waals surface area contributed by atoms with Crippen LogP contribution in [-0.2, 0) is 17.8 Å². The number of aromatic hydroxyl groups is 1. The maximum Gasteiger partial charge on any atom is 0.203 e. The van der Waals surface area contributed by atoms with Crippen LogP contribution in [0.1, 0.15) is 61.3 Å². The Morgan fingerprint density at radius 2 is 1.47 bits per heavy atom. The van der Waals surface area contributed by atoms with Crippen LogP contribution in [0.5, 0.6) is 23.0 Å². The number of hydrogen-bond acceptors (Lipinski definition) is 8. The van der Waals surface area contributed by atoms with E-state index in [1.54, 1.807) is 33.5 Å². The molecule has 8 heteroatoms. The van der Waals surface area contributed by atoms with E-state index >= 15 is 0 Å². The Bertz CT molecular complexity index is 865. The lowest BCUT2D eigenvalue weighted by atomic mass is 10.0. The number of nitrogens with one attached hydrogen (secondary N) is 1. The summed E-state index contributed by atoms with van der Waals surface area (Å²) in [6, 6.07) is 8.77. The van der Waals surface area contributed by atoms with Crippen LogP contribution >= 0.6 is 0 Å². The van der Waals surface area contributed by atoms with Crippen LogP contribution in [0.4, 0.5) is 0 Å². The topological polar surface area (TPSA) is 110 Å². The Morgan fingerprint density at radius 1 is 0.806 bits per heavy atom. The van der Waals surface area contributed by atoms with E-state index in [1.165, 1.54) is 6.07 Å². The first-order chi connectivity index (χ1) is 17.5. The van der Waals surface area contributed by atoms with E-state index in [0.29, 0.717) is 34.9 Å². The van der Waals surface area contributed by atoms with Gasteiger partial charge in [0.25, 0.3) is 0 Å². The molecular formula is C28H43NO7. The summed E-state index contributed by atoms with van der Waals surface area (Å²) < 4.78 is 22.0. The van der Waals surface area contributed by atoms with E-state index in [0.717, 1.165) is 70.3 Å². The number of hydrogen-bond donors (Lipinski definition) is 4. The molecule has 8 nitrogen and oxygen atoms in total. The summed E-state index contributed by atoms with van der Waals surface area (Å²) in [7, 11) is 4.86. The maximum absolute atomic E-state index is 10.3. The zero-order chi connectivity index (χ0) is 26.2. The second-order valence-electron chi connectivity index (χ2n) is 8.79. The standard InChI is InChI=1S/C28H43NO7/c1-33-26-17-21(18-27(34-2)28(26)35-3)10-6-9-15-36-14-8-5-4-7-13-29-19-25(32)23-16-22(20-30)11-12-24(23)31/h11-12,16-18,25,29-32H,4-10,13-15,19-20H2,1-3H3. The summed E-state index contributed by atoms with van der Waals surface area (Å²) in [5, 5.41) is 32.6. The monoisotopic (exact) mass is 505 g/mol. The fraction of sp³-hybridized carbons (Fsp3) is 0.571. The molecule has 0 aliphatic carbocycles. The van der Waals surface area contributed by atoms with Gasteiger partial charge in [0, 0.05) is 25.3 Å². The molecule has 0 aromatic heterocycles. The normalized spacial score (nSPS) is 11.9. The van der Waals surface area contributed by atoms with Crippen LogP contribution in [0.15, 0.2) is 30.3 Å². The molecule has 4 N–H and O–H groups in total. The smallest absolute Gasteiger partial charge is 0.203 e. The van der Waals surface area contributed by atoms with E-state index in [9.17, 15) is 15.3 Å². The molecule has 0 saturated carbocycles. The lowest BCUT2D eigenvalue weighted by Gasteiger charge is -2.14. The average Bonchev–Trinajstić information content (AvgIpc) is 2.90. The molecule has 2 aromatic carbocycles. The second kappa shape index (κ2) is 17.0. The number of ether oxygens (including phenoxy) is 4. The second-order valence-corrected chi connectivity index (χ2v) is 8.79. The molecule has 0 amide bonds. The summed E-state index contributed by atoms with van der Waals surface area (Å²) in [5.74, 6) is 2.02. The molecule has 0 fully saturated rings. The highest BCUT2D eigenvalue weighted by molar-refractivity contribution is 5.53. The first-order valence-electron chi connectivity index (χ1n) is 12.7. The lowest BCUT2D eigenvalue weighted by molar-refractivity contribution is 0.126. The van der Waals surface area contributed by atoms with Gasteiger partial charge in [0.2, 0.25) is 5.75 Å². The quantitative estimate of drug-likeness (QED) is 0.211. The molecule has 36 heavy (non-hydrogen) atoms. The van der Waals surface area contributed by atoms with E-state index in [2.05, 4.69) is 5.32 Å². The Kier molecular flexibility index (Phi) is 14.1. The molecule has 1 unspecified atom stereocenters. The van der Waals surface area contributed by atoms with Crippen LogP contribution in [0.25, 0.3) is 0 Å². The minimum Gasteiger partial charge on any atom is -0.508 e. The maximum atomic E-state index is 10.3. The van der Waals surface area contributed by atoms with Crippen LogP contribution in [-0.4, -0.2) is 63.0 Å². The van der Waals surface area contributed by atoms with Crippen molar-refractivity contribution in [2.45, 2.75) is 57.7 Å². The van der Waals surface area contributed by atoms with Gasteiger partial charge in [-0.05, 0) is 74.0 Å². The third kappa shape index (κ3) is 9.85. The van der Waals surface area contributed by atoms with Crippen molar-refractivity contribution in [2.75, 3.05) is 47.6 Å². The van der Waals surface area contributed by atoms with Crippen molar-refractivity contribution in [2.24, 2.45) is 0 Å². The van der Waals surface area contributed by atoms with Gasteiger partial charge >= 0.3 is 0 Å². The average molecular weight is 506 g/mol. The highest BCUT2D eigenvalue weighted by atomic mass is 16.5. The van der Waals surface area contributed by atoms with E-state index in [4.69, 9.17) is 18.9 Å². The Morgan fingerprint density at radius 3 is 2.11 bits per heavy atom. The number of aliphatic hydroxyl groups excluding tert-OH is 2. The number of rotatable bonds is 19. The Balaban J connectivity index is 1.48. The van der Waals surface area contributed by atoms with Gasteiger partial charge < -0.3 is 39.6 Å². The summed E-state index contributed by atoms with van der Waals surface area (Å²) in [6.45, 7) is 2.58. The number of benzene rings is 2. The number of unbranched alkanes of at least 4 members (excludes halogenated alkanes) is 4. The third-order valence-electron chi connectivity index (χ3n) is 6.09. The molecule has 0 radical (unpaired) electrons. The minimum atomic E-state index is -0.807. The molecule has 0 aliphatic heterocycles. The summed E-state index contributed by atoms with van der Waals surface area (Å²) in [5.41, 5.74) is 2.26. The number of phenols is 1. The van der Waals surface area contributed by atoms with Gasteiger partial charge in [0.05, 0.1) is 34.0 Å². The van der Waals surface area contributed by atoms with Crippen molar-refractivity contribution >= 4 is 0 Å².